The van der Waals surface area contributed by atoms with Crippen LogP contribution in [0.3, 0.4) is 0 Å². The number of hydrogen-bond acceptors (Lipinski definition) is 2. The third-order valence-electron chi connectivity index (χ3n) is 4.23. The minimum absolute atomic E-state index is 0.0255. The first kappa shape index (κ1) is 14.4. The summed E-state index contributed by atoms with van der Waals surface area (Å²) in [6.07, 6.45) is 5.76. The predicted octanol–water partition coefficient (Wildman–Crippen LogP) is 2.89. The average Bonchev–Trinajstić information content (AvgIpc) is 2.39. The standard InChI is InChI=1S/C14H21ClN2O2/c1-3-9-6-5-7-10(8-9)17-13(18)11(4-2)12(15)16-14(17)19/h9-10H,3-8H2,1-2H3,(H,16,19). The van der Waals surface area contributed by atoms with Gasteiger partial charge in [0, 0.05) is 6.04 Å². The average molecular weight is 285 g/mol. The number of halogens is 1. The van der Waals surface area contributed by atoms with E-state index in [1.807, 2.05) is 6.92 Å². The van der Waals surface area contributed by atoms with Crippen molar-refractivity contribution >= 4 is 11.6 Å². The fourth-order valence-electron chi connectivity index (χ4n) is 3.07. The molecule has 1 aliphatic carbocycles. The predicted molar refractivity (Wildman–Crippen MR) is 77.0 cm³/mol. The van der Waals surface area contributed by atoms with Crippen LogP contribution in [-0.2, 0) is 6.42 Å². The van der Waals surface area contributed by atoms with Crippen LogP contribution in [0.1, 0.15) is 57.6 Å². The van der Waals surface area contributed by atoms with Crippen LogP contribution >= 0.6 is 11.6 Å². The molecule has 1 saturated carbocycles. The third-order valence-corrected chi connectivity index (χ3v) is 4.55. The molecule has 2 rings (SSSR count). The van der Waals surface area contributed by atoms with Gasteiger partial charge >= 0.3 is 5.69 Å². The van der Waals surface area contributed by atoms with E-state index in [9.17, 15) is 9.59 Å². The molecule has 1 aromatic heterocycles. The lowest BCUT2D eigenvalue weighted by Crippen LogP contribution is -2.41. The van der Waals surface area contributed by atoms with E-state index in [0.717, 1.165) is 25.7 Å². The Labute approximate surface area is 117 Å². The summed E-state index contributed by atoms with van der Waals surface area (Å²) in [5, 5.41) is 0.191. The monoisotopic (exact) mass is 284 g/mol. The van der Waals surface area contributed by atoms with E-state index in [1.165, 1.54) is 11.0 Å². The second-order valence-electron chi connectivity index (χ2n) is 5.35. The Morgan fingerprint density at radius 2 is 2.05 bits per heavy atom. The topological polar surface area (TPSA) is 54.9 Å². The molecule has 0 aliphatic heterocycles. The van der Waals surface area contributed by atoms with Gasteiger partial charge < -0.3 is 0 Å². The first-order chi connectivity index (χ1) is 9.08. The quantitative estimate of drug-likeness (QED) is 0.868. The molecule has 0 aromatic carbocycles. The lowest BCUT2D eigenvalue weighted by atomic mass is 9.84. The molecule has 5 heteroatoms. The molecule has 0 amide bonds. The van der Waals surface area contributed by atoms with Crippen molar-refractivity contribution < 1.29 is 0 Å². The maximum Gasteiger partial charge on any atom is 0.329 e. The maximum absolute atomic E-state index is 12.4. The van der Waals surface area contributed by atoms with Gasteiger partial charge in [-0.2, -0.15) is 0 Å². The molecule has 1 aromatic rings. The minimum Gasteiger partial charge on any atom is -0.297 e. The van der Waals surface area contributed by atoms with Gasteiger partial charge in [-0.1, -0.05) is 44.7 Å². The molecule has 2 unspecified atom stereocenters. The number of nitrogens with zero attached hydrogens (tertiary/aromatic N) is 1. The fraction of sp³-hybridized carbons (Fsp3) is 0.714. The smallest absolute Gasteiger partial charge is 0.297 e. The van der Waals surface area contributed by atoms with Gasteiger partial charge in [0.1, 0.15) is 5.15 Å². The van der Waals surface area contributed by atoms with Crippen molar-refractivity contribution in [3.63, 3.8) is 0 Å². The highest BCUT2D eigenvalue weighted by atomic mass is 35.5. The lowest BCUT2D eigenvalue weighted by Gasteiger charge is -2.29. The summed E-state index contributed by atoms with van der Waals surface area (Å²) in [6.45, 7) is 4.04. The summed E-state index contributed by atoms with van der Waals surface area (Å²) >= 11 is 5.93. The maximum atomic E-state index is 12.4. The molecule has 2 atom stereocenters. The second kappa shape index (κ2) is 5.95. The van der Waals surface area contributed by atoms with Crippen LogP contribution in [0.5, 0.6) is 0 Å². The number of aromatic nitrogens is 2. The highest BCUT2D eigenvalue weighted by Gasteiger charge is 2.25. The van der Waals surface area contributed by atoms with Gasteiger partial charge in [0.15, 0.2) is 0 Å². The zero-order valence-corrected chi connectivity index (χ0v) is 12.3. The Morgan fingerprint density at radius 3 is 2.68 bits per heavy atom. The molecule has 106 valence electrons. The molecule has 1 heterocycles. The molecule has 4 nitrogen and oxygen atoms in total. The number of H-pyrrole nitrogens is 1. The van der Waals surface area contributed by atoms with Crippen molar-refractivity contribution in [2.24, 2.45) is 5.92 Å². The van der Waals surface area contributed by atoms with Crippen molar-refractivity contribution in [1.82, 2.24) is 9.55 Å². The molecule has 19 heavy (non-hydrogen) atoms. The van der Waals surface area contributed by atoms with Gasteiger partial charge in [0.05, 0.1) is 5.56 Å². The molecule has 0 saturated heterocycles. The van der Waals surface area contributed by atoms with E-state index >= 15 is 0 Å². The zero-order valence-electron chi connectivity index (χ0n) is 11.5. The highest BCUT2D eigenvalue weighted by molar-refractivity contribution is 6.30. The Balaban J connectivity index is 2.45. The zero-order chi connectivity index (χ0) is 14.0. The van der Waals surface area contributed by atoms with E-state index in [1.54, 1.807) is 0 Å². The number of aromatic amines is 1. The van der Waals surface area contributed by atoms with Gasteiger partial charge in [0.2, 0.25) is 0 Å². The molecule has 1 N–H and O–H groups in total. The summed E-state index contributed by atoms with van der Waals surface area (Å²) in [5.41, 5.74) is -0.0631. The summed E-state index contributed by atoms with van der Waals surface area (Å²) < 4.78 is 1.40. The Bertz CT molecular complexity index is 562. The van der Waals surface area contributed by atoms with Crippen molar-refractivity contribution in [1.29, 1.82) is 0 Å². The van der Waals surface area contributed by atoms with E-state index in [2.05, 4.69) is 11.9 Å². The number of nitrogens with one attached hydrogen (secondary N) is 1. The van der Waals surface area contributed by atoms with Crippen LogP contribution in [0.2, 0.25) is 5.15 Å². The Morgan fingerprint density at radius 1 is 1.32 bits per heavy atom. The van der Waals surface area contributed by atoms with Crippen LogP contribution in [0, 0.1) is 5.92 Å². The normalized spacial score (nSPS) is 23.5. The summed E-state index contributed by atoms with van der Waals surface area (Å²) in [7, 11) is 0. The third kappa shape index (κ3) is 2.78. The van der Waals surface area contributed by atoms with Crippen molar-refractivity contribution in [3.8, 4) is 0 Å². The Hall–Kier alpha value is -1.03. The number of rotatable bonds is 3. The van der Waals surface area contributed by atoms with Gasteiger partial charge in [-0.3, -0.25) is 14.3 Å². The molecule has 0 radical (unpaired) electrons. The largest absolute Gasteiger partial charge is 0.329 e. The molecule has 0 bridgehead atoms. The van der Waals surface area contributed by atoms with Gasteiger partial charge in [-0.25, -0.2) is 4.79 Å². The van der Waals surface area contributed by atoms with Crippen LogP contribution in [-0.4, -0.2) is 9.55 Å². The van der Waals surface area contributed by atoms with E-state index in [-0.39, 0.29) is 22.4 Å². The molecular weight excluding hydrogens is 264 g/mol. The van der Waals surface area contributed by atoms with Crippen molar-refractivity contribution in [2.75, 3.05) is 0 Å². The summed E-state index contributed by atoms with van der Waals surface area (Å²) in [6, 6.07) is 0.0255. The van der Waals surface area contributed by atoms with Gasteiger partial charge in [0.25, 0.3) is 5.56 Å². The van der Waals surface area contributed by atoms with Crippen LogP contribution in [0.15, 0.2) is 9.59 Å². The Kier molecular flexibility index (Phi) is 4.50. The molecular formula is C14H21ClN2O2. The first-order valence-corrected chi connectivity index (χ1v) is 7.49. The van der Waals surface area contributed by atoms with Gasteiger partial charge in [-0.05, 0) is 25.2 Å². The minimum atomic E-state index is -0.367. The summed E-state index contributed by atoms with van der Waals surface area (Å²) in [4.78, 5) is 27.0. The van der Waals surface area contributed by atoms with E-state index < -0.39 is 0 Å². The molecule has 1 fully saturated rings. The van der Waals surface area contributed by atoms with Crippen LogP contribution < -0.4 is 11.2 Å². The highest BCUT2D eigenvalue weighted by Crippen LogP contribution is 2.32. The SMILES string of the molecule is CCc1c(Cl)[nH]c(=O)n(C2CCCC(CC)C2)c1=O. The molecule has 0 spiro atoms. The number of hydrogen-bond donors (Lipinski definition) is 1. The first-order valence-electron chi connectivity index (χ1n) is 7.11. The second-order valence-corrected chi connectivity index (χ2v) is 5.72. The van der Waals surface area contributed by atoms with Crippen molar-refractivity contribution in [2.45, 2.75) is 58.4 Å². The fourth-order valence-corrected chi connectivity index (χ4v) is 3.36. The summed E-state index contributed by atoms with van der Waals surface area (Å²) in [5.74, 6) is 0.616. The van der Waals surface area contributed by atoms with E-state index in [0.29, 0.717) is 17.9 Å². The lowest BCUT2D eigenvalue weighted by molar-refractivity contribution is 0.251. The van der Waals surface area contributed by atoms with Crippen LogP contribution in [0.4, 0.5) is 0 Å². The van der Waals surface area contributed by atoms with Crippen molar-refractivity contribution in [3.05, 3.63) is 31.6 Å². The van der Waals surface area contributed by atoms with Gasteiger partial charge in [-0.15, -0.1) is 0 Å². The van der Waals surface area contributed by atoms with Crippen LogP contribution in [0.25, 0.3) is 0 Å². The van der Waals surface area contributed by atoms with E-state index in [4.69, 9.17) is 11.6 Å². The molecule has 1 aliphatic rings.